The summed E-state index contributed by atoms with van der Waals surface area (Å²) in [7, 11) is -2.42. The van der Waals surface area contributed by atoms with E-state index in [2.05, 4.69) is 15.7 Å². The Morgan fingerprint density at radius 3 is 2.88 bits per heavy atom. The fourth-order valence-electron chi connectivity index (χ4n) is 4.27. The molecule has 0 bridgehead atoms. The van der Waals surface area contributed by atoms with Gasteiger partial charge in [-0.05, 0) is 30.0 Å². The number of rotatable bonds is 3. The number of sulfonamides is 1. The second-order valence-corrected chi connectivity index (χ2v) is 11.8. The molecule has 3 aliphatic rings. The molecule has 2 atom stereocenters. The summed E-state index contributed by atoms with van der Waals surface area (Å²) in [6.45, 7) is 0.659. The number of carbonyl (C=O) groups excluding carboxylic acids is 2. The second kappa shape index (κ2) is 8.96. The Hall–Kier alpha value is -2.45. The van der Waals surface area contributed by atoms with Crippen LogP contribution in [-0.2, 0) is 19.6 Å². The zero-order chi connectivity index (χ0) is 24.0. The van der Waals surface area contributed by atoms with Crippen molar-refractivity contribution >= 4 is 60.9 Å². The summed E-state index contributed by atoms with van der Waals surface area (Å²) in [6, 6.07) is 5.33. The number of likely N-dealkylation sites (N-methyl/N-ethyl adjacent to an activating group) is 1. The molecule has 2 aromatic rings. The van der Waals surface area contributed by atoms with Crippen LogP contribution in [0.15, 0.2) is 33.6 Å². The van der Waals surface area contributed by atoms with Crippen molar-refractivity contribution in [2.45, 2.75) is 22.7 Å². The molecule has 4 heterocycles. The first-order valence-corrected chi connectivity index (χ1v) is 13.3. The first-order chi connectivity index (χ1) is 16.3. The van der Waals surface area contributed by atoms with E-state index in [1.54, 1.807) is 24.3 Å². The average molecular weight is 527 g/mol. The first-order valence-electron chi connectivity index (χ1n) is 10.7. The molecule has 2 unspecified atom stereocenters. The van der Waals surface area contributed by atoms with Crippen molar-refractivity contribution < 1.29 is 22.7 Å². The average Bonchev–Trinajstić information content (AvgIpc) is 3.49. The molecule has 0 aliphatic carbocycles. The molecule has 0 saturated carbocycles. The van der Waals surface area contributed by atoms with E-state index in [0.717, 1.165) is 21.4 Å². The lowest BCUT2D eigenvalue weighted by atomic mass is 10.1. The molecule has 14 heteroatoms. The maximum Gasteiger partial charge on any atom is 0.341 e. The third-order valence-corrected chi connectivity index (χ3v) is 9.76. The number of amides is 3. The number of halogens is 1. The quantitative estimate of drug-likeness (QED) is 0.616. The largest absolute Gasteiger partial charge is 0.463 e. The molecule has 11 nitrogen and oxygen atoms in total. The molecular formula is C20H23ClN6O5S2. The Bertz CT molecular complexity index is 1280. The van der Waals surface area contributed by atoms with E-state index in [1.807, 2.05) is 0 Å². The Morgan fingerprint density at radius 2 is 2.09 bits per heavy atom. The van der Waals surface area contributed by atoms with Crippen LogP contribution in [0.3, 0.4) is 0 Å². The highest BCUT2D eigenvalue weighted by atomic mass is 35.5. The van der Waals surface area contributed by atoms with Crippen LogP contribution >= 0.6 is 22.9 Å². The lowest BCUT2D eigenvalue weighted by molar-refractivity contribution is -0.126. The number of piperazine rings is 1. The van der Waals surface area contributed by atoms with Gasteiger partial charge in [0, 0.05) is 42.9 Å². The van der Waals surface area contributed by atoms with E-state index >= 15 is 0 Å². The van der Waals surface area contributed by atoms with Gasteiger partial charge in [-0.2, -0.15) is 4.31 Å². The highest BCUT2D eigenvalue weighted by molar-refractivity contribution is 7.91. The number of nitrogens with one attached hydrogen (secondary N) is 2. The van der Waals surface area contributed by atoms with E-state index in [-0.39, 0.29) is 29.9 Å². The standard InChI is InChI=1S/C20H23ClN6O5S2/c1-22-18(28)15-10-25(34(30,31)17-8-12-2-3-13(21)9-16(12)33-17)6-7-26(15)20(29)27-5-4-14-19(24-27)32-11-23-14/h2-3,8-9,14-15,23H,4-7,10-11H2,1H3,(H,22,28). The molecule has 1 aromatic carbocycles. The number of hydrogen-bond donors (Lipinski definition) is 2. The van der Waals surface area contributed by atoms with Gasteiger partial charge in [0.05, 0.1) is 6.04 Å². The van der Waals surface area contributed by atoms with Crippen molar-refractivity contribution in [1.29, 1.82) is 0 Å². The Labute approximate surface area is 205 Å². The number of urea groups is 1. The summed E-state index contributed by atoms with van der Waals surface area (Å²) >= 11 is 7.17. The van der Waals surface area contributed by atoms with E-state index in [1.165, 1.54) is 21.3 Å². The summed E-state index contributed by atoms with van der Waals surface area (Å²) in [5.74, 6) is -0.000124. The fraction of sp³-hybridized carbons (Fsp3) is 0.450. The number of ether oxygens (including phenoxy) is 1. The van der Waals surface area contributed by atoms with E-state index in [0.29, 0.717) is 30.6 Å². The topological polar surface area (TPSA) is 124 Å². The highest BCUT2D eigenvalue weighted by Gasteiger charge is 2.42. The minimum atomic E-state index is -3.88. The van der Waals surface area contributed by atoms with Crippen LogP contribution in [-0.4, -0.2) is 92.5 Å². The van der Waals surface area contributed by atoms with Gasteiger partial charge in [-0.3, -0.25) is 10.1 Å². The predicted octanol–water partition coefficient (Wildman–Crippen LogP) is 1.06. The molecule has 5 rings (SSSR count). The van der Waals surface area contributed by atoms with Crippen LogP contribution in [0.25, 0.3) is 10.1 Å². The van der Waals surface area contributed by atoms with Crippen LogP contribution in [0.5, 0.6) is 0 Å². The smallest absolute Gasteiger partial charge is 0.341 e. The normalized spacial score (nSPS) is 23.4. The summed E-state index contributed by atoms with van der Waals surface area (Å²) < 4.78 is 34.4. The lowest BCUT2D eigenvalue weighted by Crippen LogP contribution is -2.63. The van der Waals surface area contributed by atoms with Crippen molar-refractivity contribution in [3.63, 3.8) is 0 Å². The maximum absolute atomic E-state index is 13.4. The molecule has 34 heavy (non-hydrogen) atoms. The first kappa shape index (κ1) is 23.3. The number of benzene rings is 1. The summed E-state index contributed by atoms with van der Waals surface area (Å²) in [4.78, 5) is 27.3. The van der Waals surface area contributed by atoms with E-state index < -0.39 is 28.0 Å². The van der Waals surface area contributed by atoms with Crippen molar-refractivity contribution in [3.05, 3.63) is 29.3 Å². The van der Waals surface area contributed by atoms with Crippen LogP contribution < -0.4 is 10.6 Å². The van der Waals surface area contributed by atoms with Gasteiger partial charge in [-0.1, -0.05) is 17.7 Å². The van der Waals surface area contributed by atoms with Gasteiger partial charge in [0.1, 0.15) is 17.0 Å². The Kier molecular flexibility index (Phi) is 6.14. The molecule has 182 valence electrons. The zero-order valence-electron chi connectivity index (χ0n) is 18.2. The second-order valence-electron chi connectivity index (χ2n) is 8.11. The lowest BCUT2D eigenvalue weighted by Gasteiger charge is -2.41. The Balaban J connectivity index is 1.38. The minimum absolute atomic E-state index is 0.0167. The predicted molar refractivity (Wildman–Crippen MR) is 127 cm³/mol. The molecular weight excluding hydrogens is 504 g/mol. The molecule has 2 N–H and O–H groups in total. The Morgan fingerprint density at radius 1 is 1.26 bits per heavy atom. The molecule has 3 amide bonds. The van der Waals surface area contributed by atoms with Crippen LogP contribution in [0.2, 0.25) is 5.02 Å². The minimum Gasteiger partial charge on any atom is -0.463 e. The summed E-state index contributed by atoms with van der Waals surface area (Å²) in [6.07, 6.45) is 0.638. The van der Waals surface area contributed by atoms with Crippen molar-refractivity contribution in [3.8, 4) is 0 Å². The van der Waals surface area contributed by atoms with Crippen LogP contribution in [0.1, 0.15) is 6.42 Å². The number of carbonyl (C=O) groups is 2. The summed E-state index contributed by atoms with van der Waals surface area (Å²) in [5, 5.41) is 12.6. The molecule has 0 radical (unpaired) electrons. The molecule has 3 aliphatic heterocycles. The number of hydrazone groups is 1. The number of hydrogen-bond acceptors (Lipinski definition) is 8. The van der Waals surface area contributed by atoms with Gasteiger partial charge in [-0.25, -0.2) is 18.2 Å². The van der Waals surface area contributed by atoms with Gasteiger partial charge in [0.2, 0.25) is 11.8 Å². The van der Waals surface area contributed by atoms with Crippen molar-refractivity contribution in [1.82, 2.24) is 24.8 Å². The van der Waals surface area contributed by atoms with Crippen LogP contribution in [0, 0.1) is 0 Å². The van der Waals surface area contributed by atoms with Gasteiger partial charge in [0.25, 0.3) is 10.0 Å². The summed E-state index contributed by atoms with van der Waals surface area (Å²) in [5.41, 5.74) is 0. The van der Waals surface area contributed by atoms with Gasteiger partial charge >= 0.3 is 6.03 Å². The zero-order valence-corrected chi connectivity index (χ0v) is 20.6. The van der Waals surface area contributed by atoms with Crippen LogP contribution in [0.4, 0.5) is 4.79 Å². The van der Waals surface area contributed by atoms with Gasteiger partial charge in [-0.15, -0.1) is 16.4 Å². The molecule has 2 saturated heterocycles. The van der Waals surface area contributed by atoms with Crippen molar-refractivity contribution in [2.24, 2.45) is 5.10 Å². The van der Waals surface area contributed by atoms with Gasteiger partial charge < -0.3 is 15.0 Å². The third-order valence-electron chi connectivity index (χ3n) is 6.11. The molecule has 1 aromatic heterocycles. The van der Waals surface area contributed by atoms with E-state index in [4.69, 9.17) is 16.3 Å². The van der Waals surface area contributed by atoms with Crippen molar-refractivity contribution in [2.75, 3.05) is 40.0 Å². The van der Waals surface area contributed by atoms with E-state index in [9.17, 15) is 18.0 Å². The SMILES string of the molecule is CNC(=O)C1CN(S(=O)(=O)c2cc3ccc(Cl)cc3s2)CCN1C(=O)N1CCC2NCOC2=N1. The monoisotopic (exact) mass is 526 g/mol. The molecule has 2 fully saturated rings. The highest BCUT2D eigenvalue weighted by Crippen LogP contribution is 2.33. The molecule has 0 spiro atoms. The van der Waals surface area contributed by atoms with Gasteiger partial charge in [0.15, 0.2) is 0 Å². The number of thiophene rings is 1. The number of fused-ring (bicyclic) bond motifs is 2. The maximum atomic E-state index is 13.4. The third kappa shape index (κ3) is 4.11. The number of nitrogens with zero attached hydrogens (tertiary/aromatic N) is 4. The fourth-order valence-corrected chi connectivity index (χ4v) is 7.53.